The van der Waals surface area contributed by atoms with Gasteiger partial charge in [0.05, 0.1) is 23.0 Å². The molecule has 0 aliphatic rings. The van der Waals surface area contributed by atoms with Gasteiger partial charge in [-0.15, -0.1) is 0 Å². The van der Waals surface area contributed by atoms with Crippen LogP contribution in [0.3, 0.4) is 0 Å². The van der Waals surface area contributed by atoms with Gasteiger partial charge in [0, 0.05) is 11.2 Å². The van der Waals surface area contributed by atoms with E-state index in [9.17, 15) is 10.1 Å². The maximum Gasteiger partial charge on any atom is 0.267 e. The lowest BCUT2D eigenvalue weighted by Gasteiger charge is -2.10. The van der Waals surface area contributed by atoms with E-state index in [1.54, 1.807) is 24.3 Å². The van der Waals surface area contributed by atoms with Gasteiger partial charge < -0.3 is 15.4 Å². The molecule has 0 atom stereocenters. The lowest BCUT2D eigenvalue weighted by Crippen LogP contribution is -2.15. The van der Waals surface area contributed by atoms with E-state index in [0.717, 1.165) is 0 Å². The topological polar surface area (TPSA) is 74.1 Å². The summed E-state index contributed by atoms with van der Waals surface area (Å²) in [5.74, 6) is 0.0350. The monoisotopic (exact) mass is 375 g/mol. The number of carbonyl (C=O) groups excluding carboxylic acids is 1. The van der Waals surface area contributed by atoms with Gasteiger partial charge in [-0.2, -0.15) is 5.26 Å². The molecule has 1 amide bonds. The van der Waals surface area contributed by atoms with Gasteiger partial charge in [0.15, 0.2) is 0 Å². The summed E-state index contributed by atoms with van der Waals surface area (Å²) in [6, 6.07) is 13.7. The number of hydrogen-bond acceptors (Lipinski definition) is 4. The second-order valence-electron chi connectivity index (χ2n) is 4.82. The highest BCUT2D eigenvalue weighted by Gasteiger charge is 2.12. The Morgan fingerprint density at radius 2 is 2.00 bits per heavy atom. The molecule has 0 bridgehead atoms. The molecule has 2 aromatic rings. The van der Waals surface area contributed by atoms with Crippen molar-refractivity contribution in [3.05, 3.63) is 64.3 Å². The summed E-state index contributed by atoms with van der Waals surface area (Å²) >= 11 is 11.8. The quantitative estimate of drug-likeness (QED) is 0.558. The highest BCUT2D eigenvalue weighted by atomic mass is 35.5. The number of nitriles is 1. The third kappa shape index (κ3) is 5.15. The Labute approximate surface area is 155 Å². The average molecular weight is 376 g/mol. The van der Waals surface area contributed by atoms with E-state index in [1.165, 1.54) is 12.3 Å². The number of halogens is 2. The molecular weight excluding hydrogens is 361 g/mol. The SMILES string of the molecule is CCOc1ccccc1N/C=C(/C#N)C(=O)Nc1ccc(Cl)cc1Cl. The van der Waals surface area contributed by atoms with E-state index in [1.807, 2.05) is 25.1 Å². The molecular formula is C18H15Cl2N3O2. The van der Waals surface area contributed by atoms with Crippen molar-refractivity contribution in [2.24, 2.45) is 0 Å². The van der Waals surface area contributed by atoms with Crippen molar-refractivity contribution in [3.63, 3.8) is 0 Å². The first-order chi connectivity index (χ1) is 12.0. The van der Waals surface area contributed by atoms with Crippen molar-refractivity contribution in [1.82, 2.24) is 0 Å². The Bertz CT molecular complexity index is 844. The zero-order chi connectivity index (χ0) is 18.2. The zero-order valence-electron chi connectivity index (χ0n) is 13.3. The highest BCUT2D eigenvalue weighted by molar-refractivity contribution is 6.36. The number of benzene rings is 2. The Morgan fingerprint density at radius 1 is 1.24 bits per heavy atom. The highest BCUT2D eigenvalue weighted by Crippen LogP contribution is 2.26. The van der Waals surface area contributed by atoms with E-state index in [0.29, 0.717) is 28.8 Å². The summed E-state index contributed by atoms with van der Waals surface area (Å²) in [5.41, 5.74) is 0.902. The van der Waals surface area contributed by atoms with Crippen molar-refractivity contribution >= 4 is 40.5 Å². The van der Waals surface area contributed by atoms with E-state index in [4.69, 9.17) is 27.9 Å². The standard InChI is InChI=1S/C18H15Cl2N3O2/c1-2-25-17-6-4-3-5-16(17)22-11-12(10-21)18(24)23-15-8-7-13(19)9-14(15)20/h3-9,11,22H,2H2,1H3,(H,23,24)/b12-11-. The first kappa shape index (κ1) is 18.7. The van der Waals surface area contributed by atoms with E-state index in [-0.39, 0.29) is 10.6 Å². The van der Waals surface area contributed by atoms with Crippen LogP contribution in [0.4, 0.5) is 11.4 Å². The molecule has 0 radical (unpaired) electrons. The summed E-state index contributed by atoms with van der Waals surface area (Å²) in [6.07, 6.45) is 1.32. The lowest BCUT2D eigenvalue weighted by atomic mass is 10.2. The van der Waals surface area contributed by atoms with E-state index >= 15 is 0 Å². The molecule has 0 heterocycles. The van der Waals surface area contributed by atoms with Crippen LogP contribution in [0.1, 0.15) is 6.92 Å². The second kappa shape index (κ2) is 8.97. The molecule has 0 aliphatic heterocycles. The number of amides is 1. The largest absolute Gasteiger partial charge is 0.492 e. The van der Waals surface area contributed by atoms with E-state index < -0.39 is 5.91 Å². The van der Waals surface area contributed by atoms with Crippen molar-refractivity contribution in [3.8, 4) is 11.8 Å². The van der Waals surface area contributed by atoms with Crippen LogP contribution in [0.2, 0.25) is 10.0 Å². The second-order valence-corrected chi connectivity index (χ2v) is 5.67. The molecule has 5 nitrogen and oxygen atoms in total. The fourth-order valence-electron chi connectivity index (χ4n) is 1.95. The molecule has 25 heavy (non-hydrogen) atoms. The summed E-state index contributed by atoms with van der Waals surface area (Å²) in [7, 11) is 0. The van der Waals surface area contributed by atoms with Crippen LogP contribution >= 0.6 is 23.2 Å². The summed E-state index contributed by atoms with van der Waals surface area (Å²) in [4.78, 5) is 12.2. The predicted molar refractivity (Wildman–Crippen MR) is 100 cm³/mol. The number of anilines is 2. The molecule has 0 unspecified atom stereocenters. The van der Waals surface area contributed by atoms with Crippen molar-refractivity contribution < 1.29 is 9.53 Å². The average Bonchev–Trinajstić information content (AvgIpc) is 2.59. The fourth-order valence-corrected chi connectivity index (χ4v) is 2.40. The minimum absolute atomic E-state index is 0.114. The Balaban J connectivity index is 2.14. The molecule has 128 valence electrons. The van der Waals surface area contributed by atoms with Crippen LogP contribution in [0.25, 0.3) is 0 Å². The fraction of sp³-hybridized carbons (Fsp3) is 0.111. The van der Waals surface area contributed by atoms with Crippen LogP contribution in [-0.2, 0) is 4.79 Å². The molecule has 0 spiro atoms. The van der Waals surface area contributed by atoms with Crippen LogP contribution < -0.4 is 15.4 Å². The Kier molecular flexibility index (Phi) is 6.70. The van der Waals surface area contributed by atoms with Gasteiger partial charge in [0.2, 0.25) is 0 Å². The summed E-state index contributed by atoms with van der Waals surface area (Å²) < 4.78 is 5.48. The third-order valence-electron chi connectivity index (χ3n) is 3.10. The third-order valence-corrected chi connectivity index (χ3v) is 3.65. The molecule has 7 heteroatoms. The number of carbonyl (C=O) groups is 1. The van der Waals surface area contributed by atoms with Crippen LogP contribution in [-0.4, -0.2) is 12.5 Å². The normalized spacial score (nSPS) is 10.7. The van der Waals surface area contributed by atoms with E-state index in [2.05, 4.69) is 10.6 Å². The molecule has 0 fully saturated rings. The van der Waals surface area contributed by atoms with Crippen molar-refractivity contribution in [2.45, 2.75) is 6.92 Å². The maximum absolute atomic E-state index is 12.2. The number of nitrogens with zero attached hydrogens (tertiary/aromatic N) is 1. The Hall–Kier alpha value is -2.68. The van der Waals surface area contributed by atoms with Gasteiger partial charge in [0.1, 0.15) is 17.4 Å². The van der Waals surface area contributed by atoms with Gasteiger partial charge in [-0.1, -0.05) is 35.3 Å². The number of para-hydroxylation sites is 2. The zero-order valence-corrected chi connectivity index (χ0v) is 14.9. The van der Waals surface area contributed by atoms with Gasteiger partial charge >= 0.3 is 0 Å². The molecule has 2 rings (SSSR count). The molecule has 0 aromatic heterocycles. The number of nitrogens with one attached hydrogen (secondary N) is 2. The maximum atomic E-state index is 12.2. The lowest BCUT2D eigenvalue weighted by molar-refractivity contribution is -0.112. The smallest absolute Gasteiger partial charge is 0.267 e. The van der Waals surface area contributed by atoms with Crippen LogP contribution in [0.5, 0.6) is 5.75 Å². The molecule has 0 aliphatic carbocycles. The summed E-state index contributed by atoms with van der Waals surface area (Å²) in [5, 5.41) is 15.5. The molecule has 0 saturated carbocycles. The summed E-state index contributed by atoms with van der Waals surface area (Å²) in [6.45, 7) is 2.37. The number of hydrogen-bond donors (Lipinski definition) is 2. The minimum atomic E-state index is -0.590. The molecule has 0 saturated heterocycles. The first-order valence-corrected chi connectivity index (χ1v) is 8.15. The van der Waals surface area contributed by atoms with Gasteiger partial charge in [-0.25, -0.2) is 0 Å². The van der Waals surface area contributed by atoms with Crippen LogP contribution in [0.15, 0.2) is 54.2 Å². The van der Waals surface area contributed by atoms with Gasteiger partial charge in [0.25, 0.3) is 5.91 Å². The molecule has 2 aromatic carbocycles. The number of ether oxygens (including phenoxy) is 1. The van der Waals surface area contributed by atoms with Crippen molar-refractivity contribution in [2.75, 3.05) is 17.2 Å². The number of rotatable bonds is 6. The van der Waals surface area contributed by atoms with Gasteiger partial charge in [-0.05, 0) is 37.3 Å². The van der Waals surface area contributed by atoms with Crippen molar-refractivity contribution in [1.29, 1.82) is 5.26 Å². The first-order valence-electron chi connectivity index (χ1n) is 7.40. The predicted octanol–water partition coefficient (Wildman–Crippen LogP) is 4.85. The Morgan fingerprint density at radius 3 is 2.68 bits per heavy atom. The van der Waals surface area contributed by atoms with Gasteiger partial charge in [-0.3, -0.25) is 4.79 Å². The molecule has 2 N–H and O–H groups in total. The minimum Gasteiger partial charge on any atom is -0.492 e. The van der Waals surface area contributed by atoms with Crippen LogP contribution in [0, 0.1) is 11.3 Å².